The first-order valence-corrected chi connectivity index (χ1v) is 6.30. The van der Waals surface area contributed by atoms with Gasteiger partial charge in [0.05, 0.1) is 0 Å². The molecule has 16 heavy (non-hydrogen) atoms. The SMILES string of the molecule is OC(S)(Cc1nnc(S)s1)c1ccccc1. The van der Waals surface area contributed by atoms with Gasteiger partial charge in [0.1, 0.15) is 9.94 Å². The predicted octanol–water partition coefficient (Wildman–Crippen LogP) is 2.14. The van der Waals surface area contributed by atoms with Crippen LogP contribution in [0.1, 0.15) is 10.6 Å². The van der Waals surface area contributed by atoms with Crippen molar-refractivity contribution < 1.29 is 5.11 Å². The Balaban J connectivity index is 2.20. The van der Waals surface area contributed by atoms with Gasteiger partial charge in [0.25, 0.3) is 0 Å². The van der Waals surface area contributed by atoms with Gasteiger partial charge in [-0.1, -0.05) is 41.7 Å². The van der Waals surface area contributed by atoms with Crippen LogP contribution in [0.2, 0.25) is 0 Å². The van der Waals surface area contributed by atoms with E-state index >= 15 is 0 Å². The molecule has 1 aromatic heterocycles. The van der Waals surface area contributed by atoms with Crippen LogP contribution in [0.3, 0.4) is 0 Å². The molecular weight excluding hydrogens is 260 g/mol. The average Bonchev–Trinajstić information content (AvgIpc) is 2.64. The molecule has 0 aliphatic rings. The average molecular weight is 270 g/mol. The Morgan fingerprint density at radius 3 is 2.50 bits per heavy atom. The Bertz CT molecular complexity index is 470. The van der Waals surface area contributed by atoms with Gasteiger partial charge in [-0.25, -0.2) is 0 Å². The number of thiol groups is 2. The molecule has 1 N–H and O–H groups in total. The molecule has 0 radical (unpaired) electrons. The molecule has 0 saturated heterocycles. The first-order chi connectivity index (χ1) is 7.58. The van der Waals surface area contributed by atoms with Crippen molar-refractivity contribution in [2.45, 2.75) is 15.7 Å². The van der Waals surface area contributed by atoms with Crippen LogP contribution in [0.15, 0.2) is 34.7 Å². The minimum Gasteiger partial charge on any atom is -0.375 e. The van der Waals surface area contributed by atoms with Gasteiger partial charge in [-0.3, -0.25) is 0 Å². The summed E-state index contributed by atoms with van der Waals surface area (Å²) in [6.45, 7) is 0. The number of benzene rings is 1. The lowest BCUT2D eigenvalue weighted by Gasteiger charge is -2.21. The Kier molecular flexibility index (Phi) is 3.53. The normalized spacial score (nSPS) is 14.7. The van der Waals surface area contributed by atoms with Gasteiger partial charge in [-0.15, -0.1) is 35.5 Å². The van der Waals surface area contributed by atoms with E-state index in [0.717, 1.165) is 5.56 Å². The standard InChI is InChI=1S/C10H10N2OS3/c13-10(15,7-4-2-1-3-5-7)6-8-11-12-9(14)16-8/h1-5,13,15H,6H2,(H,12,14). The summed E-state index contributed by atoms with van der Waals surface area (Å²) >= 11 is 9.69. The molecule has 1 aromatic carbocycles. The molecule has 84 valence electrons. The minimum atomic E-state index is -1.22. The minimum absolute atomic E-state index is 0.318. The van der Waals surface area contributed by atoms with Crippen LogP contribution in [-0.4, -0.2) is 15.3 Å². The number of rotatable bonds is 3. The summed E-state index contributed by atoms with van der Waals surface area (Å²) in [7, 11) is 0. The zero-order valence-electron chi connectivity index (χ0n) is 8.24. The fourth-order valence-corrected chi connectivity index (χ4v) is 2.76. The second-order valence-electron chi connectivity index (χ2n) is 3.34. The quantitative estimate of drug-likeness (QED) is 0.591. The summed E-state index contributed by atoms with van der Waals surface area (Å²) in [5, 5.41) is 18.6. The Morgan fingerprint density at radius 2 is 1.94 bits per heavy atom. The summed E-state index contributed by atoms with van der Waals surface area (Å²) in [6, 6.07) is 9.27. The number of aliphatic hydroxyl groups is 1. The van der Waals surface area contributed by atoms with Crippen molar-refractivity contribution in [1.29, 1.82) is 0 Å². The maximum absolute atomic E-state index is 10.2. The van der Waals surface area contributed by atoms with E-state index in [1.807, 2.05) is 30.3 Å². The number of hydrogen-bond donors (Lipinski definition) is 3. The van der Waals surface area contributed by atoms with Crippen molar-refractivity contribution >= 4 is 36.6 Å². The third kappa shape index (κ3) is 2.76. The zero-order chi connectivity index (χ0) is 11.6. The summed E-state index contributed by atoms with van der Waals surface area (Å²) < 4.78 is 0.590. The van der Waals surface area contributed by atoms with Gasteiger partial charge in [0.2, 0.25) is 0 Å². The highest BCUT2D eigenvalue weighted by Crippen LogP contribution is 2.30. The van der Waals surface area contributed by atoms with Crippen molar-refractivity contribution in [3.8, 4) is 0 Å². The molecular formula is C10H10N2OS3. The molecule has 0 bridgehead atoms. The maximum Gasteiger partial charge on any atom is 0.171 e. The topological polar surface area (TPSA) is 46.0 Å². The summed E-state index contributed by atoms with van der Waals surface area (Å²) in [4.78, 5) is -1.22. The molecule has 1 atom stereocenters. The highest BCUT2D eigenvalue weighted by molar-refractivity contribution is 7.82. The first kappa shape index (κ1) is 11.9. The monoisotopic (exact) mass is 270 g/mol. The molecule has 2 aromatic rings. The molecule has 0 aliphatic heterocycles. The predicted molar refractivity (Wildman–Crippen MR) is 70.2 cm³/mol. The van der Waals surface area contributed by atoms with Crippen molar-refractivity contribution in [1.82, 2.24) is 10.2 Å². The first-order valence-electron chi connectivity index (χ1n) is 4.59. The summed E-state index contributed by atoms with van der Waals surface area (Å²) in [5.41, 5.74) is 0.745. The van der Waals surface area contributed by atoms with Gasteiger partial charge in [-0.05, 0) is 5.56 Å². The van der Waals surface area contributed by atoms with Crippen LogP contribution in [-0.2, 0) is 11.4 Å². The third-order valence-corrected chi connectivity index (χ3v) is 3.60. The molecule has 1 unspecified atom stereocenters. The van der Waals surface area contributed by atoms with E-state index < -0.39 is 4.93 Å². The highest BCUT2D eigenvalue weighted by atomic mass is 32.2. The van der Waals surface area contributed by atoms with Gasteiger partial charge >= 0.3 is 0 Å². The lowest BCUT2D eigenvalue weighted by atomic mass is 10.1. The second kappa shape index (κ2) is 4.75. The summed E-state index contributed by atoms with van der Waals surface area (Å²) in [5.74, 6) is 0. The Hall–Kier alpha value is -0.560. The fraction of sp³-hybridized carbons (Fsp3) is 0.200. The lowest BCUT2D eigenvalue weighted by Crippen LogP contribution is -2.21. The van der Waals surface area contributed by atoms with E-state index in [4.69, 9.17) is 0 Å². The zero-order valence-corrected chi connectivity index (χ0v) is 10.8. The highest BCUT2D eigenvalue weighted by Gasteiger charge is 2.26. The Labute approximate surface area is 108 Å². The van der Waals surface area contributed by atoms with Crippen molar-refractivity contribution in [2.24, 2.45) is 0 Å². The molecule has 6 heteroatoms. The largest absolute Gasteiger partial charge is 0.375 e. The molecule has 0 aliphatic carbocycles. The third-order valence-electron chi connectivity index (χ3n) is 2.09. The molecule has 0 saturated carbocycles. The van der Waals surface area contributed by atoms with Crippen molar-refractivity contribution in [2.75, 3.05) is 0 Å². The van der Waals surface area contributed by atoms with E-state index in [2.05, 4.69) is 35.5 Å². The van der Waals surface area contributed by atoms with E-state index in [1.165, 1.54) is 11.3 Å². The van der Waals surface area contributed by atoms with E-state index in [-0.39, 0.29) is 0 Å². The smallest absolute Gasteiger partial charge is 0.171 e. The molecule has 3 nitrogen and oxygen atoms in total. The van der Waals surface area contributed by atoms with Crippen LogP contribution in [0.25, 0.3) is 0 Å². The Morgan fingerprint density at radius 1 is 1.25 bits per heavy atom. The van der Waals surface area contributed by atoms with Crippen LogP contribution >= 0.6 is 36.6 Å². The maximum atomic E-state index is 10.2. The molecule has 1 heterocycles. The van der Waals surface area contributed by atoms with Gasteiger partial charge in [0.15, 0.2) is 4.34 Å². The second-order valence-corrected chi connectivity index (χ2v) is 5.87. The number of aromatic nitrogens is 2. The van der Waals surface area contributed by atoms with Crippen molar-refractivity contribution in [3.63, 3.8) is 0 Å². The number of hydrogen-bond acceptors (Lipinski definition) is 6. The fourth-order valence-electron chi connectivity index (χ4n) is 1.33. The van der Waals surface area contributed by atoms with Gasteiger partial charge < -0.3 is 5.11 Å². The van der Waals surface area contributed by atoms with E-state index in [1.54, 1.807) is 0 Å². The van der Waals surface area contributed by atoms with Gasteiger partial charge in [-0.2, -0.15) is 0 Å². The van der Waals surface area contributed by atoms with Crippen LogP contribution in [0.5, 0.6) is 0 Å². The molecule has 0 spiro atoms. The van der Waals surface area contributed by atoms with Crippen LogP contribution in [0, 0.1) is 0 Å². The molecule has 2 rings (SSSR count). The van der Waals surface area contributed by atoms with Crippen LogP contribution in [0.4, 0.5) is 0 Å². The van der Waals surface area contributed by atoms with Gasteiger partial charge in [0, 0.05) is 6.42 Å². The molecule has 0 fully saturated rings. The van der Waals surface area contributed by atoms with E-state index in [9.17, 15) is 5.11 Å². The summed E-state index contributed by atoms with van der Waals surface area (Å²) in [6.07, 6.45) is 0.318. The van der Waals surface area contributed by atoms with Crippen molar-refractivity contribution in [3.05, 3.63) is 40.9 Å². The lowest BCUT2D eigenvalue weighted by molar-refractivity contribution is 0.140. The van der Waals surface area contributed by atoms with E-state index in [0.29, 0.717) is 15.8 Å². The number of nitrogens with zero attached hydrogens (tertiary/aromatic N) is 2. The van der Waals surface area contributed by atoms with Crippen LogP contribution < -0.4 is 0 Å². The molecule has 0 amide bonds.